The first-order chi connectivity index (χ1) is 12.2. The van der Waals surface area contributed by atoms with Crippen molar-refractivity contribution in [3.05, 3.63) is 48.0 Å². The first-order valence-corrected chi connectivity index (χ1v) is 9.54. The highest BCUT2D eigenvalue weighted by Crippen LogP contribution is 2.30. The lowest BCUT2D eigenvalue weighted by Crippen LogP contribution is -2.22. The number of benzene rings is 1. The highest BCUT2D eigenvalue weighted by atomic mass is 32.2. The predicted molar refractivity (Wildman–Crippen MR) is 87.3 cm³/mol. The van der Waals surface area contributed by atoms with Gasteiger partial charge in [0.15, 0.2) is 0 Å². The first-order valence-electron chi connectivity index (χ1n) is 8.06. The van der Waals surface area contributed by atoms with Gasteiger partial charge in [0.05, 0.1) is 6.20 Å². The molecule has 1 aromatic heterocycles. The number of ketones is 1. The second kappa shape index (κ2) is 8.48. The van der Waals surface area contributed by atoms with Crippen LogP contribution in [0.4, 0.5) is 13.2 Å². The number of aryl methyl sites for hydroxylation is 1. The summed E-state index contributed by atoms with van der Waals surface area (Å²) >= 11 is 0. The molecule has 142 valence electrons. The molecule has 0 spiro atoms. The third-order valence-electron chi connectivity index (χ3n) is 3.75. The number of rotatable bonds is 9. The second-order valence-electron chi connectivity index (χ2n) is 5.76. The van der Waals surface area contributed by atoms with Gasteiger partial charge in [-0.25, -0.2) is 13.4 Å². The smallest absolute Gasteiger partial charge is 0.422 e. The van der Waals surface area contributed by atoms with Crippen LogP contribution in [0.5, 0.6) is 0 Å². The molecule has 0 bridgehead atoms. The Balaban J connectivity index is 1.75. The average molecular weight is 389 g/mol. The third-order valence-corrected chi connectivity index (χ3v) is 5.08. The average Bonchev–Trinajstić information content (AvgIpc) is 3.08. The number of oxazole rings is 1. The van der Waals surface area contributed by atoms with Crippen molar-refractivity contribution in [2.75, 3.05) is 0 Å². The Morgan fingerprint density at radius 2 is 1.69 bits per heavy atom. The van der Waals surface area contributed by atoms with E-state index in [0.29, 0.717) is 12.6 Å². The summed E-state index contributed by atoms with van der Waals surface area (Å²) < 4.78 is 64.1. The number of aromatic nitrogens is 1. The number of hydrogen-bond donors (Lipinski definition) is 0. The van der Waals surface area contributed by atoms with Crippen molar-refractivity contribution in [1.29, 1.82) is 0 Å². The Morgan fingerprint density at radius 1 is 1.04 bits per heavy atom. The molecule has 0 amide bonds. The number of Topliss-reactive ketones (excluding diaryl/α,β-unsaturated/α-hetero) is 1. The number of alkyl halides is 3. The zero-order valence-corrected chi connectivity index (χ0v) is 14.6. The summed E-state index contributed by atoms with van der Waals surface area (Å²) in [6, 6.07) is 9.97. The topological polar surface area (TPSA) is 77.2 Å². The lowest BCUT2D eigenvalue weighted by molar-refractivity contribution is -0.0447. The van der Waals surface area contributed by atoms with Crippen LogP contribution in [0, 0.1) is 0 Å². The molecule has 0 aliphatic rings. The highest BCUT2D eigenvalue weighted by Gasteiger charge is 2.49. The molecule has 9 heteroatoms. The molecule has 1 heterocycles. The predicted octanol–water partition coefficient (Wildman–Crippen LogP) is 4.34. The Bertz CT molecular complexity index is 829. The van der Waals surface area contributed by atoms with Crippen LogP contribution in [0.2, 0.25) is 0 Å². The van der Waals surface area contributed by atoms with E-state index in [-0.39, 0.29) is 6.42 Å². The molecule has 5 nitrogen and oxygen atoms in total. The second-order valence-corrected chi connectivity index (χ2v) is 7.63. The van der Waals surface area contributed by atoms with Gasteiger partial charge in [0.2, 0.25) is 10.9 Å². The third kappa shape index (κ3) is 5.17. The van der Waals surface area contributed by atoms with Crippen molar-refractivity contribution >= 4 is 15.6 Å². The number of halogens is 3. The molecule has 2 aromatic rings. The minimum Gasteiger partial charge on any atom is -0.422 e. The van der Waals surface area contributed by atoms with Crippen molar-refractivity contribution < 1.29 is 30.8 Å². The Labute approximate surface area is 149 Å². The fourth-order valence-electron chi connectivity index (χ4n) is 2.35. The standard InChI is InChI=1S/C17H18F3NO4S/c18-17(19,20)26(23,24)15-12-21-16(25-15)14(22)11-7-2-1-4-8-13-9-5-3-6-10-13/h3,5-6,9-10,12H,1-2,4,7-8,11H2. The van der Waals surface area contributed by atoms with Gasteiger partial charge in [-0.05, 0) is 24.8 Å². The maximum absolute atomic E-state index is 12.4. The van der Waals surface area contributed by atoms with Gasteiger partial charge in [0.1, 0.15) is 0 Å². The van der Waals surface area contributed by atoms with Crippen molar-refractivity contribution in [2.24, 2.45) is 0 Å². The molecule has 26 heavy (non-hydrogen) atoms. The number of unbranched alkanes of at least 4 members (excludes halogenated alkanes) is 3. The Morgan fingerprint density at radius 3 is 2.35 bits per heavy atom. The van der Waals surface area contributed by atoms with Crippen molar-refractivity contribution in [3.8, 4) is 0 Å². The van der Waals surface area contributed by atoms with E-state index >= 15 is 0 Å². The first kappa shape index (κ1) is 20.2. The molecular weight excluding hydrogens is 371 g/mol. The van der Waals surface area contributed by atoms with Gasteiger partial charge >= 0.3 is 15.3 Å². The van der Waals surface area contributed by atoms with Crippen LogP contribution in [-0.2, 0) is 16.3 Å². The number of nitrogens with zero attached hydrogens (tertiary/aromatic N) is 1. The molecule has 0 aliphatic carbocycles. The monoisotopic (exact) mass is 389 g/mol. The van der Waals surface area contributed by atoms with Crippen LogP contribution in [0.3, 0.4) is 0 Å². The van der Waals surface area contributed by atoms with Gasteiger partial charge in [0, 0.05) is 6.42 Å². The Kier molecular flexibility index (Phi) is 6.57. The molecule has 0 N–H and O–H groups in total. The van der Waals surface area contributed by atoms with E-state index in [1.807, 2.05) is 30.3 Å². The normalized spacial score (nSPS) is 12.3. The fraction of sp³-hybridized carbons (Fsp3) is 0.412. The van der Waals surface area contributed by atoms with Crippen LogP contribution in [0.15, 0.2) is 46.0 Å². The quantitative estimate of drug-likeness (QED) is 0.471. The van der Waals surface area contributed by atoms with Gasteiger partial charge in [-0.2, -0.15) is 13.2 Å². The SMILES string of the molecule is O=C(CCCCCCc1ccccc1)c1ncc(S(=O)(=O)C(F)(F)F)o1. The van der Waals surface area contributed by atoms with Crippen LogP contribution in [0.1, 0.15) is 48.4 Å². The molecule has 0 unspecified atom stereocenters. The summed E-state index contributed by atoms with van der Waals surface area (Å²) in [5.74, 6) is -1.23. The largest absolute Gasteiger partial charge is 0.505 e. The highest BCUT2D eigenvalue weighted by molar-refractivity contribution is 7.92. The van der Waals surface area contributed by atoms with Gasteiger partial charge in [-0.1, -0.05) is 43.2 Å². The maximum Gasteiger partial charge on any atom is 0.505 e. The van der Waals surface area contributed by atoms with E-state index in [4.69, 9.17) is 0 Å². The molecule has 2 rings (SSSR count). The molecule has 0 fully saturated rings. The number of hydrogen-bond acceptors (Lipinski definition) is 5. The lowest BCUT2D eigenvalue weighted by Gasteiger charge is -2.03. The summed E-state index contributed by atoms with van der Waals surface area (Å²) in [5.41, 5.74) is -4.26. The zero-order chi connectivity index (χ0) is 19.2. The van der Waals surface area contributed by atoms with E-state index < -0.39 is 32.1 Å². The van der Waals surface area contributed by atoms with E-state index in [2.05, 4.69) is 9.40 Å². The lowest BCUT2D eigenvalue weighted by atomic mass is 10.0. The van der Waals surface area contributed by atoms with Gasteiger partial charge in [-0.15, -0.1) is 0 Å². The molecular formula is C17H18F3NO4S. The van der Waals surface area contributed by atoms with Gasteiger partial charge in [-0.3, -0.25) is 4.79 Å². The summed E-state index contributed by atoms with van der Waals surface area (Å²) in [6.07, 6.45) is 4.55. The minimum atomic E-state index is -5.63. The summed E-state index contributed by atoms with van der Waals surface area (Å²) in [6.45, 7) is 0. The number of sulfone groups is 1. The van der Waals surface area contributed by atoms with E-state index in [1.165, 1.54) is 5.56 Å². The fourth-order valence-corrected chi connectivity index (χ4v) is 2.95. The molecule has 0 atom stereocenters. The maximum atomic E-state index is 12.4. The number of carbonyl (C=O) groups is 1. The van der Waals surface area contributed by atoms with Crippen LogP contribution in [0.25, 0.3) is 0 Å². The summed E-state index contributed by atoms with van der Waals surface area (Å²) in [7, 11) is -5.63. The van der Waals surface area contributed by atoms with Crippen LogP contribution >= 0.6 is 0 Å². The van der Waals surface area contributed by atoms with Crippen LogP contribution < -0.4 is 0 Å². The molecule has 1 aromatic carbocycles. The number of carbonyl (C=O) groups excluding carboxylic acids is 1. The molecule has 0 radical (unpaired) electrons. The zero-order valence-electron chi connectivity index (χ0n) is 13.8. The van der Waals surface area contributed by atoms with Crippen molar-refractivity contribution in [2.45, 2.75) is 49.1 Å². The van der Waals surface area contributed by atoms with Gasteiger partial charge in [0.25, 0.3) is 5.89 Å². The van der Waals surface area contributed by atoms with Crippen LogP contribution in [-0.4, -0.2) is 24.7 Å². The summed E-state index contributed by atoms with van der Waals surface area (Å²) in [5, 5.41) is -1.36. The minimum absolute atomic E-state index is 0.0390. The van der Waals surface area contributed by atoms with E-state index in [0.717, 1.165) is 25.7 Å². The summed E-state index contributed by atoms with van der Waals surface area (Å²) in [4.78, 5) is 15.2. The van der Waals surface area contributed by atoms with Gasteiger partial charge < -0.3 is 4.42 Å². The van der Waals surface area contributed by atoms with Crippen molar-refractivity contribution in [3.63, 3.8) is 0 Å². The van der Waals surface area contributed by atoms with Crippen molar-refractivity contribution in [1.82, 2.24) is 4.98 Å². The molecule has 0 aliphatic heterocycles. The van der Waals surface area contributed by atoms with E-state index in [9.17, 15) is 26.4 Å². The molecule has 0 saturated carbocycles. The van der Waals surface area contributed by atoms with E-state index in [1.54, 1.807) is 0 Å². The Hall–Kier alpha value is -2.16. The molecule has 0 saturated heterocycles.